The van der Waals surface area contributed by atoms with Crippen LogP contribution in [0.5, 0.6) is 0 Å². The second-order valence-electron chi connectivity index (χ2n) is 3.50. The monoisotopic (exact) mass is 237 g/mol. The number of hydrogen-bond acceptors (Lipinski definition) is 4. The second kappa shape index (κ2) is 6.99. The van der Waals surface area contributed by atoms with Crippen molar-refractivity contribution < 1.29 is 4.79 Å². The molecular weight excluding hydrogens is 222 g/mol. The van der Waals surface area contributed by atoms with Crippen molar-refractivity contribution >= 4 is 17.2 Å². The third-order valence-corrected chi connectivity index (χ3v) is 2.96. The van der Waals surface area contributed by atoms with Gasteiger partial charge in [0, 0.05) is 10.9 Å². The Bertz CT molecular complexity index is 356. The maximum Gasteiger partial charge on any atom is 0.234 e. The molecule has 0 aliphatic heterocycles. The molecule has 2 N–H and O–H groups in total. The van der Waals surface area contributed by atoms with Crippen molar-refractivity contribution in [3.8, 4) is 6.07 Å². The average Bonchev–Trinajstić information content (AvgIpc) is 2.76. The van der Waals surface area contributed by atoms with Gasteiger partial charge in [0.1, 0.15) is 6.54 Å². The maximum absolute atomic E-state index is 11.2. The van der Waals surface area contributed by atoms with Crippen LogP contribution >= 0.6 is 11.3 Å². The number of nitriles is 1. The summed E-state index contributed by atoms with van der Waals surface area (Å²) in [7, 11) is 0. The van der Waals surface area contributed by atoms with E-state index in [0.29, 0.717) is 0 Å². The first-order valence-electron chi connectivity index (χ1n) is 5.11. The molecule has 0 bridgehead atoms. The predicted molar refractivity (Wildman–Crippen MR) is 64.1 cm³/mol. The SMILES string of the molecule is CC(Cc1cccs1)NCC(=O)NCC#N. The molecule has 1 rings (SSSR count). The van der Waals surface area contributed by atoms with Crippen molar-refractivity contribution in [3.05, 3.63) is 22.4 Å². The fourth-order valence-corrected chi connectivity index (χ4v) is 2.11. The van der Waals surface area contributed by atoms with Gasteiger partial charge in [-0.05, 0) is 24.8 Å². The van der Waals surface area contributed by atoms with Crippen LogP contribution in [0.1, 0.15) is 11.8 Å². The number of carbonyl (C=O) groups is 1. The van der Waals surface area contributed by atoms with E-state index < -0.39 is 0 Å². The molecule has 0 aliphatic rings. The van der Waals surface area contributed by atoms with Crippen molar-refractivity contribution in [3.63, 3.8) is 0 Å². The van der Waals surface area contributed by atoms with Gasteiger partial charge in [0.2, 0.25) is 5.91 Å². The highest BCUT2D eigenvalue weighted by Crippen LogP contribution is 2.10. The summed E-state index contributed by atoms with van der Waals surface area (Å²) in [6, 6.07) is 6.22. The first-order chi connectivity index (χ1) is 7.72. The summed E-state index contributed by atoms with van der Waals surface area (Å²) in [5, 5.41) is 15.9. The smallest absolute Gasteiger partial charge is 0.234 e. The van der Waals surface area contributed by atoms with Crippen LogP contribution in [0, 0.1) is 11.3 Å². The summed E-state index contributed by atoms with van der Waals surface area (Å²) < 4.78 is 0. The molecule has 1 heterocycles. The molecule has 0 fully saturated rings. The fourth-order valence-electron chi connectivity index (χ4n) is 1.27. The molecule has 4 nitrogen and oxygen atoms in total. The highest BCUT2D eigenvalue weighted by molar-refractivity contribution is 7.09. The summed E-state index contributed by atoms with van der Waals surface area (Å²) in [4.78, 5) is 12.5. The predicted octanol–water partition coefficient (Wildman–Crippen LogP) is 0.908. The van der Waals surface area contributed by atoms with Gasteiger partial charge in [-0.25, -0.2) is 0 Å². The van der Waals surface area contributed by atoms with Gasteiger partial charge in [0.05, 0.1) is 12.6 Å². The molecule has 0 spiro atoms. The van der Waals surface area contributed by atoms with E-state index in [1.807, 2.05) is 24.4 Å². The van der Waals surface area contributed by atoms with E-state index in [0.717, 1.165) is 6.42 Å². The standard InChI is InChI=1S/C11H15N3OS/c1-9(7-10-3-2-6-16-10)14-8-11(15)13-5-4-12/h2-3,6,9,14H,5,7-8H2,1H3,(H,13,15). The molecule has 0 aromatic carbocycles. The summed E-state index contributed by atoms with van der Waals surface area (Å²) in [5.41, 5.74) is 0. The zero-order chi connectivity index (χ0) is 11.8. The lowest BCUT2D eigenvalue weighted by Crippen LogP contribution is -2.38. The molecule has 1 unspecified atom stereocenters. The minimum atomic E-state index is -0.139. The molecule has 1 atom stereocenters. The van der Waals surface area contributed by atoms with Crippen LogP contribution in [0.2, 0.25) is 0 Å². The number of hydrogen-bond donors (Lipinski definition) is 2. The summed E-state index contributed by atoms with van der Waals surface area (Å²) >= 11 is 1.72. The van der Waals surface area contributed by atoms with E-state index in [4.69, 9.17) is 5.26 Å². The molecule has 0 radical (unpaired) electrons. The van der Waals surface area contributed by atoms with Gasteiger partial charge in [-0.1, -0.05) is 6.07 Å². The van der Waals surface area contributed by atoms with Crippen LogP contribution in [0.25, 0.3) is 0 Å². The van der Waals surface area contributed by atoms with Crippen molar-refractivity contribution in [1.82, 2.24) is 10.6 Å². The lowest BCUT2D eigenvalue weighted by atomic mass is 10.2. The molecule has 0 aliphatic carbocycles. The van der Waals surface area contributed by atoms with Crippen LogP contribution in [-0.4, -0.2) is 25.0 Å². The highest BCUT2D eigenvalue weighted by Gasteiger charge is 2.06. The number of amides is 1. The molecule has 1 amide bonds. The quantitative estimate of drug-likeness (QED) is 0.723. The highest BCUT2D eigenvalue weighted by atomic mass is 32.1. The van der Waals surface area contributed by atoms with Crippen LogP contribution < -0.4 is 10.6 Å². The Morgan fingerprint density at radius 2 is 2.50 bits per heavy atom. The van der Waals surface area contributed by atoms with Crippen LogP contribution in [0.3, 0.4) is 0 Å². The van der Waals surface area contributed by atoms with E-state index in [-0.39, 0.29) is 25.0 Å². The van der Waals surface area contributed by atoms with Crippen molar-refractivity contribution in [2.24, 2.45) is 0 Å². The van der Waals surface area contributed by atoms with Gasteiger partial charge in [-0.2, -0.15) is 5.26 Å². The fraction of sp³-hybridized carbons (Fsp3) is 0.455. The lowest BCUT2D eigenvalue weighted by Gasteiger charge is -2.11. The first kappa shape index (κ1) is 12.7. The minimum absolute atomic E-state index is 0.0693. The average molecular weight is 237 g/mol. The Kier molecular flexibility index (Phi) is 5.54. The number of nitrogens with one attached hydrogen (secondary N) is 2. The first-order valence-corrected chi connectivity index (χ1v) is 5.99. The summed E-state index contributed by atoms with van der Waals surface area (Å²) in [6.07, 6.45) is 0.920. The molecule has 16 heavy (non-hydrogen) atoms. The van der Waals surface area contributed by atoms with E-state index in [1.165, 1.54) is 4.88 Å². The molecule has 1 aromatic rings. The van der Waals surface area contributed by atoms with Crippen molar-refractivity contribution in [2.45, 2.75) is 19.4 Å². The lowest BCUT2D eigenvalue weighted by molar-refractivity contribution is -0.120. The van der Waals surface area contributed by atoms with Crippen molar-refractivity contribution in [1.29, 1.82) is 5.26 Å². The number of carbonyl (C=O) groups excluding carboxylic acids is 1. The van der Waals surface area contributed by atoms with E-state index >= 15 is 0 Å². The second-order valence-corrected chi connectivity index (χ2v) is 4.53. The van der Waals surface area contributed by atoms with Gasteiger partial charge >= 0.3 is 0 Å². The van der Waals surface area contributed by atoms with E-state index in [2.05, 4.69) is 16.7 Å². The van der Waals surface area contributed by atoms with Gasteiger partial charge in [-0.15, -0.1) is 11.3 Å². The largest absolute Gasteiger partial charge is 0.342 e. The van der Waals surface area contributed by atoms with Gasteiger partial charge in [0.25, 0.3) is 0 Å². The summed E-state index contributed by atoms with van der Waals surface area (Å²) in [6.45, 7) is 2.37. The van der Waals surface area contributed by atoms with Gasteiger partial charge in [0.15, 0.2) is 0 Å². The third kappa shape index (κ3) is 4.91. The van der Waals surface area contributed by atoms with Gasteiger partial charge in [-0.3, -0.25) is 4.79 Å². The Hall–Kier alpha value is -1.38. The molecule has 86 valence electrons. The van der Waals surface area contributed by atoms with Crippen LogP contribution in [0.4, 0.5) is 0 Å². The zero-order valence-corrected chi connectivity index (χ0v) is 10.0. The van der Waals surface area contributed by atoms with E-state index in [9.17, 15) is 4.79 Å². The normalized spacial score (nSPS) is 11.8. The van der Waals surface area contributed by atoms with E-state index in [1.54, 1.807) is 11.3 Å². The van der Waals surface area contributed by atoms with Crippen molar-refractivity contribution in [2.75, 3.05) is 13.1 Å². The Morgan fingerprint density at radius 3 is 3.12 bits per heavy atom. The Balaban J connectivity index is 2.18. The molecule has 5 heteroatoms. The molecule has 0 saturated heterocycles. The number of rotatable bonds is 6. The molecule has 0 saturated carbocycles. The minimum Gasteiger partial charge on any atom is -0.342 e. The molecular formula is C11H15N3OS. The maximum atomic E-state index is 11.2. The third-order valence-electron chi connectivity index (χ3n) is 2.06. The Morgan fingerprint density at radius 1 is 1.69 bits per heavy atom. The number of thiophene rings is 1. The van der Waals surface area contributed by atoms with Gasteiger partial charge < -0.3 is 10.6 Å². The zero-order valence-electron chi connectivity index (χ0n) is 9.19. The molecule has 1 aromatic heterocycles. The topological polar surface area (TPSA) is 64.9 Å². The number of nitrogens with zero attached hydrogens (tertiary/aromatic N) is 1. The summed E-state index contributed by atoms with van der Waals surface area (Å²) in [5.74, 6) is -0.139. The van der Waals surface area contributed by atoms with Crippen LogP contribution in [-0.2, 0) is 11.2 Å². The van der Waals surface area contributed by atoms with Crippen LogP contribution in [0.15, 0.2) is 17.5 Å². The Labute approximate surface area is 99.3 Å².